The van der Waals surface area contributed by atoms with Crippen LogP contribution in [0.3, 0.4) is 0 Å². The van der Waals surface area contributed by atoms with Crippen molar-refractivity contribution in [3.8, 4) is 0 Å². The molecule has 0 bridgehead atoms. The van der Waals surface area contributed by atoms with Crippen LogP contribution in [-0.2, 0) is 25.6 Å². The third kappa shape index (κ3) is 3.34. The minimum atomic E-state index is -4.30. The molecule has 1 N–H and O–H groups in total. The van der Waals surface area contributed by atoms with Crippen LogP contribution in [0.25, 0.3) is 0 Å². The van der Waals surface area contributed by atoms with Crippen molar-refractivity contribution in [2.24, 2.45) is 7.05 Å². The number of aliphatic hydroxyl groups is 1. The van der Waals surface area contributed by atoms with E-state index in [1.165, 1.54) is 23.9 Å². The average Bonchev–Trinajstić information content (AvgIpc) is 2.76. The highest BCUT2D eigenvalue weighted by atomic mass is 32.2. The van der Waals surface area contributed by atoms with Crippen LogP contribution < -0.4 is 0 Å². The summed E-state index contributed by atoms with van der Waals surface area (Å²) in [5.74, 6) is 0.522. The predicted molar refractivity (Wildman–Crippen MR) is 70.1 cm³/mol. The summed E-state index contributed by atoms with van der Waals surface area (Å²) in [6.45, 7) is -0.0929. The molecule has 0 aliphatic heterocycles. The van der Waals surface area contributed by atoms with Crippen molar-refractivity contribution in [3.63, 3.8) is 0 Å². The molecule has 0 radical (unpaired) electrons. The van der Waals surface area contributed by atoms with Gasteiger partial charge < -0.3 is 9.67 Å². The minimum absolute atomic E-state index is 0.0929. The van der Waals surface area contributed by atoms with Crippen LogP contribution in [0.5, 0.6) is 0 Å². The molecule has 0 aliphatic rings. The first-order valence-corrected chi connectivity index (χ1v) is 6.80. The Labute approximate surface area is 118 Å². The van der Waals surface area contributed by atoms with Gasteiger partial charge in [-0.3, -0.25) is 0 Å². The Morgan fingerprint density at radius 3 is 2.40 bits per heavy atom. The van der Waals surface area contributed by atoms with E-state index in [0.717, 1.165) is 17.7 Å². The number of imidazole rings is 1. The number of nitrogens with zero attached hydrogens (tertiary/aromatic N) is 2. The molecule has 2 rings (SSSR count). The Hall–Kier alpha value is -1.47. The van der Waals surface area contributed by atoms with Crippen LogP contribution in [0, 0.1) is 0 Å². The molecule has 0 saturated heterocycles. The lowest BCUT2D eigenvalue weighted by molar-refractivity contribution is -0.137. The van der Waals surface area contributed by atoms with E-state index in [-0.39, 0.29) is 6.61 Å². The fourth-order valence-electron chi connectivity index (χ4n) is 1.64. The van der Waals surface area contributed by atoms with Crippen LogP contribution in [0.2, 0.25) is 0 Å². The highest BCUT2D eigenvalue weighted by molar-refractivity contribution is 7.98. The molecule has 1 heterocycles. The fourth-order valence-corrected chi connectivity index (χ4v) is 2.57. The number of aliphatic hydroxyl groups excluding tert-OH is 1. The van der Waals surface area contributed by atoms with E-state index < -0.39 is 11.7 Å². The predicted octanol–water partition coefficient (Wildman–Crippen LogP) is 3.22. The van der Waals surface area contributed by atoms with Gasteiger partial charge in [0.1, 0.15) is 0 Å². The summed E-state index contributed by atoms with van der Waals surface area (Å²) in [5.41, 5.74) is 0.835. The molecule has 3 nitrogen and oxygen atoms in total. The van der Waals surface area contributed by atoms with Gasteiger partial charge in [0.2, 0.25) is 0 Å². The molecule has 0 unspecified atom stereocenters. The highest BCUT2D eigenvalue weighted by Gasteiger charge is 2.29. The highest BCUT2D eigenvalue weighted by Crippen LogP contribution is 2.30. The molecule has 1 aromatic carbocycles. The maximum Gasteiger partial charge on any atom is 0.416 e. The van der Waals surface area contributed by atoms with Gasteiger partial charge in [0.25, 0.3) is 0 Å². The smallest absolute Gasteiger partial charge is 0.390 e. The summed E-state index contributed by atoms with van der Waals surface area (Å²) in [6.07, 6.45) is -2.73. The zero-order valence-electron chi connectivity index (χ0n) is 10.7. The van der Waals surface area contributed by atoms with E-state index in [4.69, 9.17) is 5.11 Å². The molecule has 20 heavy (non-hydrogen) atoms. The topological polar surface area (TPSA) is 38.0 Å². The van der Waals surface area contributed by atoms with E-state index in [2.05, 4.69) is 4.98 Å². The largest absolute Gasteiger partial charge is 0.416 e. The van der Waals surface area contributed by atoms with Crippen LogP contribution >= 0.6 is 11.8 Å². The van der Waals surface area contributed by atoms with Crippen molar-refractivity contribution >= 4 is 11.8 Å². The lowest BCUT2D eigenvalue weighted by Crippen LogP contribution is -2.04. The summed E-state index contributed by atoms with van der Waals surface area (Å²) in [7, 11) is 1.79. The Kier molecular flexibility index (Phi) is 4.39. The molecule has 0 saturated carbocycles. The lowest BCUT2D eigenvalue weighted by Gasteiger charge is -2.07. The first-order valence-electron chi connectivity index (χ1n) is 5.82. The van der Waals surface area contributed by atoms with Crippen molar-refractivity contribution < 1.29 is 18.3 Å². The van der Waals surface area contributed by atoms with Gasteiger partial charge in [-0.15, -0.1) is 0 Å². The Bertz CT molecular complexity index is 578. The summed E-state index contributed by atoms with van der Waals surface area (Å²) in [6, 6.07) is 5.08. The molecule has 1 aromatic heterocycles. The third-order valence-electron chi connectivity index (χ3n) is 2.85. The van der Waals surface area contributed by atoms with Crippen molar-refractivity contribution in [2.45, 2.75) is 23.7 Å². The van der Waals surface area contributed by atoms with Gasteiger partial charge in [-0.25, -0.2) is 4.98 Å². The molecule has 0 amide bonds. The number of aromatic nitrogens is 2. The molecular weight excluding hydrogens is 289 g/mol. The normalized spacial score (nSPS) is 11.8. The number of alkyl halides is 3. The average molecular weight is 302 g/mol. The lowest BCUT2D eigenvalue weighted by atomic mass is 10.1. The van der Waals surface area contributed by atoms with E-state index in [9.17, 15) is 13.2 Å². The third-order valence-corrected chi connectivity index (χ3v) is 3.97. The van der Waals surface area contributed by atoms with Gasteiger partial charge >= 0.3 is 6.18 Å². The molecule has 0 atom stereocenters. The van der Waals surface area contributed by atoms with E-state index >= 15 is 0 Å². The van der Waals surface area contributed by atoms with Crippen molar-refractivity contribution in [1.82, 2.24) is 9.55 Å². The first kappa shape index (κ1) is 14.9. The van der Waals surface area contributed by atoms with E-state index in [1.54, 1.807) is 17.8 Å². The summed E-state index contributed by atoms with van der Waals surface area (Å²) in [4.78, 5) is 4.14. The zero-order chi connectivity index (χ0) is 14.8. The van der Waals surface area contributed by atoms with Crippen molar-refractivity contribution in [2.75, 3.05) is 0 Å². The summed E-state index contributed by atoms with van der Waals surface area (Å²) in [5, 5.41) is 9.76. The van der Waals surface area contributed by atoms with E-state index in [1.807, 2.05) is 0 Å². The Balaban J connectivity index is 2.02. The number of halogens is 3. The van der Waals surface area contributed by atoms with Gasteiger partial charge in [0.05, 0.1) is 24.1 Å². The molecule has 0 fully saturated rings. The van der Waals surface area contributed by atoms with Gasteiger partial charge in [0.15, 0.2) is 5.16 Å². The van der Waals surface area contributed by atoms with Gasteiger partial charge in [-0.2, -0.15) is 13.2 Å². The number of hydrogen-bond acceptors (Lipinski definition) is 3. The maximum absolute atomic E-state index is 12.4. The molecule has 0 aliphatic carbocycles. The number of hydrogen-bond donors (Lipinski definition) is 1. The molecule has 108 valence electrons. The second-order valence-corrected chi connectivity index (χ2v) is 5.18. The monoisotopic (exact) mass is 302 g/mol. The second kappa shape index (κ2) is 5.88. The molecule has 2 aromatic rings. The van der Waals surface area contributed by atoms with Gasteiger partial charge in [-0.05, 0) is 17.7 Å². The fraction of sp³-hybridized carbons (Fsp3) is 0.308. The minimum Gasteiger partial charge on any atom is -0.390 e. The second-order valence-electron chi connectivity index (χ2n) is 4.23. The number of thioether (sulfide) groups is 1. The van der Waals surface area contributed by atoms with Crippen molar-refractivity contribution in [3.05, 3.63) is 47.3 Å². The SMILES string of the molecule is Cn1c(CO)cnc1SCc1ccc(C(F)(F)F)cc1. The van der Waals surface area contributed by atoms with Crippen LogP contribution in [-0.4, -0.2) is 14.7 Å². The maximum atomic E-state index is 12.4. The summed E-state index contributed by atoms with van der Waals surface area (Å²) < 4.78 is 39.0. The standard InChI is InChI=1S/C13H13F3N2OS/c1-18-11(7-19)6-17-12(18)20-8-9-2-4-10(5-3-9)13(14,15)16/h2-6,19H,7-8H2,1H3. The van der Waals surface area contributed by atoms with Crippen LogP contribution in [0.1, 0.15) is 16.8 Å². The van der Waals surface area contributed by atoms with Crippen LogP contribution in [0.4, 0.5) is 13.2 Å². The molecule has 7 heteroatoms. The summed E-state index contributed by atoms with van der Waals surface area (Å²) >= 11 is 1.41. The van der Waals surface area contributed by atoms with E-state index in [0.29, 0.717) is 16.6 Å². The van der Waals surface area contributed by atoms with Crippen molar-refractivity contribution in [1.29, 1.82) is 0 Å². The van der Waals surface area contributed by atoms with Gasteiger partial charge in [-0.1, -0.05) is 23.9 Å². The Morgan fingerprint density at radius 2 is 1.90 bits per heavy atom. The quantitative estimate of drug-likeness (QED) is 0.881. The number of rotatable bonds is 4. The Morgan fingerprint density at radius 1 is 1.25 bits per heavy atom. The zero-order valence-corrected chi connectivity index (χ0v) is 11.5. The van der Waals surface area contributed by atoms with Crippen LogP contribution in [0.15, 0.2) is 35.6 Å². The first-order chi connectivity index (χ1) is 9.41. The number of benzene rings is 1. The molecular formula is C13H13F3N2OS. The molecule has 0 spiro atoms. The van der Waals surface area contributed by atoms with Gasteiger partial charge in [0, 0.05) is 12.8 Å².